The van der Waals surface area contributed by atoms with Crippen molar-refractivity contribution in [1.82, 2.24) is 19.9 Å². The highest BCUT2D eigenvalue weighted by Gasteiger charge is 2.11. The van der Waals surface area contributed by atoms with E-state index in [1.54, 1.807) is 12.4 Å². The van der Waals surface area contributed by atoms with Gasteiger partial charge in [0.2, 0.25) is 0 Å². The summed E-state index contributed by atoms with van der Waals surface area (Å²) in [7, 11) is 0. The lowest BCUT2D eigenvalue weighted by molar-refractivity contribution is 1.13. The van der Waals surface area contributed by atoms with Gasteiger partial charge < -0.3 is 0 Å². The maximum atomic E-state index is 4.70. The molecule has 0 N–H and O–H groups in total. The topological polar surface area (TPSA) is 51.6 Å². The van der Waals surface area contributed by atoms with Crippen molar-refractivity contribution in [2.75, 3.05) is 0 Å². The number of hydrogen-bond acceptors (Lipinski definition) is 4. The van der Waals surface area contributed by atoms with Gasteiger partial charge in [0, 0.05) is 18.0 Å². The zero-order chi connectivity index (χ0) is 16.2. The molecule has 0 fully saturated rings. The first-order valence-corrected chi connectivity index (χ1v) is 7.67. The molecular weight excluding hydrogens is 296 g/mol. The smallest absolute Gasteiger partial charge is 0.179 e. The summed E-state index contributed by atoms with van der Waals surface area (Å²) < 4.78 is 0. The van der Waals surface area contributed by atoms with Crippen LogP contribution in [0.5, 0.6) is 0 Å². The minimum atomic E-state index is 0.595. The van der Waals surface area contributed by atoms with E-state index in [1.165, 1.54) is 0 Å². The van der Waals surface area contributed by atoms with Crippen molar-refractivity contribution in [3.8, 4) is 34.2 Å². The summed E-state index contributed by atoms with van der Waals surface area (Å²) in [6.07, 6.45) is 3.51. The van der Waals surface area contributed by atoms with Crippen LogP contribution in [-0.2, 0) is 0 Å². The second-order valence-corrected chi connectivity index (χ2v) is 5.26. The van der Waals surface area contributed by atoms with Crippen LogP contribution < -0.4 is 0 Å². The molecule has 4 rings (SSSR count). The third-order valence-electron chi connectivity index (χ3n) is 3.62. The maximum Gasteiger partial charge on any atom is 0.179 e. The van der Waals surface area contributed by atoms with Crippen LogP contribution in [0, 0.1) is 0 Å². The first kappa shape index (κ1) is 14.2. The van der Waals surface area contributed by atoms with Gasteiger partial charge in [-0.1, -0.05) is 42.5 Å². The normalized spacial score (nSPS) is 10.5. The fraction of sp³-hybridized carbons (Fsp3) is 0. The third kappa shape index (κ3) is 2.90. The zero-order valence-corrected chi connectivity index (χ0v) is 12.9. The number of aromatic nitrogens is 4. The molecule has 0 amide bonds. The van der Waals surface area contributed by atoms with Gasteiger partial charge in [-0.2, -0.15) is 0 Å². The lowest BCUT2D eigenvalue weighted by Crippen LogP contribution is -1.97. The van der Waals surface area contributed by atoms with E-state index < -0.39 is 0 Å². The highest BCUT2D eigenvalue weighted by Crippen LogP contribution is 2.25. The van der Waals surface area contributed by atoms with E-state index in [4.69, 9.17) is 4.98 Å². The predicted octanol–water partition coefficient (Wildman–Crippen LogP) is 4.27. The Balaban J connectivity index is 1.92. The van der Waals surface area contributed by atoms with Crippen molar-refractivity contribution in [3.05, 3.63) is 85.2 Å². The molecule has 0 bridgehead atoms. The van der Waals surface area contributed by atoms with Crippen LogP contribution in [0.15, 0.2) is 85.2 Å². The molecule has 4 nitrogen and oxygen atoms in total. The molecule has 0 saturated heterocycles. The van der Waals surface area contributed by atoms with Crippen LogP contribution in [0.1, 0.15) is 0 Å². The van der Waals surface area contributed by atoms with Gasteiger partial charge in [0.25, 0.3) is 0 Å². The largest absolute Gasteiger partial charge is 0.255 e. The van der Waals surface area contributed by atoms with Gasteiger partial charge in [0.15, 0.2) is 5.82 Å². The summed E-state index contributed by atoms with van der Waals surface area (Å²) in [6.45, 7) is 0. The van der Waals surface area contributed by atoms with Gasteiger partial charge in [-0.05, 0) is 30.3 Å². The predicted molar refractivity (Wildman–Crippen MR) is 93.9 cm³/mol. The van der Waals surface area contributed by atoms with E-state index >= 15 is 0 Å². The van der Waals surface area contributed by atoms with E-state index in [0.717, 1.165) is 28.3 Å². The molecule has 4 aromatic rings. The number of pyridine rings is 2. The Bertz CT molecular complexity index is 799. The Kier molecular flexibility index (Phi) is 3.78. The summed E-state index contributed by atoms with van der Waals surface area (Å²) in [5.41, 5.74) is 4.23. The van der Waals surface area contributed by atoms with E-state index in [2.05, 4.69) is 15.0 Å². The van der Waals surface area contributed by atoms with Gasteiger partial charge in [0.05, 0.1) is 17.1 Å². The van der Waals surface area contributed by atoms with Gasteiger partial charge in [0.1, 0.15) is 5.69 Å². The molecule has 0 radical (unpaired) electrons. The molecular formula is C20H14N4. The molecule has 0 atom stereocenters. The Labute approximate surface area is 139 Å². The van der Waals surface area contributed by atoms with Crippen LogP contribution in [0.25, 0.3) is 34.2 Å². The standard InChI is InChI=1S/C20H14N4/c1-2-8-15(9-3-1)18-14-19(16-10-4-6-12-21-16)24-20(23-18)17-11-5-7-13-22-17/h1-14H. The average molecular weight is 310 g/mol. The molecule has 3 heterocycles. The molecule has 0 saturated carbocycles. The van der Waals surface area contributed by atoms with Crippen molar-refractivity contribution < 1.29 is 0 Å². The number of rotatable bonds is 3. The van der Waals surface area contributed by atoms with Crippen molar-refractivity contribution in [2.24, 2.45) is 0 Å². The Hall–Kier alpha value is -3.40. The van der Waals surface area contributed by atoms with Crippen LogP contribution in [0.4, 0.5) is 0 Å². The molecule has 3 aromatic heterocycles. The minimum Gasteiger partial charge on any atom is -0.255 e. The summed E-state index contributed by atoms with van der Waals surface area (Å²) >= 11 is 0. The monoisotopic (exact) mass is 310 g/mol. The SMILES string of the molecule is c1ccc(-c2cc(-c3ccccn3)nc(-c3ccccn3)n2)cc1. The van der Waals surface area contributed by atoms with Gasteiger partial charge in [-0.15, -0.1) is 0 Å². The molecule has 0 aliphatic rings. The summed E-state index contributed by atoms with van der Waals surface area (Å²) in [4.78, 5) is 18.1. The van der Waals surface area contributed by atoms with Crippen molar-refractivity contribution in [2.45, 2.75) is 0 Å². The minimum absolute atomic E-state index is 0.595. The van der Waals surface area contributed by atoms with E-state index in [-0.39, 0.29) is 0 Å². The second-order valence-electron chi connectivity index (χ2n) is 5.26. The first-order valence-electron chi connectivity index (χ1n) is 7.67. The fourth-order valence-corrected chi connectivity index (χ4v) is 2.46. The third-order valence-corrected chi connectivity index (χ3v) is 3.62. The molecule has 24 heavy (non-hydrogen) atoms. The Morgan fingerprint density at radius 3 is 1.79 bits per heavy atom. The van der Waals surface area contributed by atoms with Gasteiger partial charge in [-0.3, -0.25) is 9.97 Å². The second kappa shape index (κ2) is 6.38. The fourth-order valence-electron chi connectivity index (χ4n) is 2.46. The van der Waals surface area contributed by atoms with Crippen molar-refractivity contribution in [1.29, 1.82) is 0 Å². The van der Waals surface area contributed by atoms with Gasteiger partial charge in [-0.25, -0.2) is 9.97 Å². The van der Waals surface area contributed by atoms with Crippen LogP contribution in [0.2, 0.25) is 0 Å². The summed E-state index contributed by atoms with van der Waals surface area (Å²) in [5.74, 6) is 0.595. The number of benzene rings is 1. The first-order chi connectivity index (χ1) is 11.9. The number of nitrogens with zero attached hydrogens (tertiary/aromatic N) is 4. The van der Waals surface area contributed by atoms with E-state index in [0.29, 0.717) is 5.82 Å². The lowest BCUT2D eigenvalue weighted by atomic mass is 10.1. The molecule has 0 spiro atoms. The van der Waals surface area contributed by atoms with Crippen LogP contribution in [-0.4, -0.2) is 19.9 Å². The van der Waals surface area contributed by atoms with Crippen molar-refractivity contribution >= 4 is 0 Å². The molecule has 4 heteroatoms. The molecule has 114 valence electrons. The summed E-state index contributed by atoms with van der Waals surface area (Å²) in [6, 6.07) is 23.5. The van der Waals surface area contributed by atoms with Crippen LogP contribution >= 0.6 is 0 Å². The maximum absolute atomic E-state index is 4.70. The lowest BCUT2D eigenvalue weighted by Gasteiger charge is -2.08. The highest BCUT2D eigenvalue weighted by molar-refractivity contribution is 5.69. The highest BCUT2D eigenvalue weighted by atomic mass is 14.9. The quantitative estimate of drug-likeness (QED) is 0.567. The molecule has 0 aliphatic heterocycles. The van der Waals surface area contributed by atoms with E-state index in [9.17, 15) is 0 Å². The Morgan fingerprint density at radius 2 is 1.12 bits per heavy atom. The Morgan fingerprint density at radius 1 is 0.500 bits per heavy atom. The van der Waals surface area contributed by atoms with Gasteiger partial charge >= 0.3 is 0 Å². The molecule has 1 aromatic carbocycles. The zero-order valence-electron chi connectivity index (χ0n) is 12.9. The molecule has 0 aliphatic carbocycles. The van der Waals surface area contributed by atoms with Crippen molar-refractivity contribution in [3.63, 3.8) is 0 Å². The van der Waals surface area contributed by atoms with Crippen LogP contribution in [0.3, 0.4) is 0 Å². The molecule has 0 unspecified atom stereocenters. The number of hydrogen-bond donors (Lipinski definition) is 0. The average Bonchev–Trinajstić information content (AvgIpc) is 2.70. The van der Waals surface area contributed by atoms with E-state index in [1.807, 2.05) is 72.8 Å². The summed E-state index contributed by atoms with van der Waals surface area (Å²) in [5, 5.41) is 0.